The first-order valence-electron chi connectivity index (χ1n) is 5.45. The summed E-state index contributed by atoms with van der Waals surface area (Å²) in [5.41, 5.74) is 1.78. The van der Waals surface area contributed by atoms with Crippen LogP contribution in [0.5, 0.6) is 0 Å². The fraction of sp³-hybridized carbons (Fsp3) is 0.636. The SMILES string of the molecule is Cc1noc(C)c1CC(=O)N1CCSCC1. The lowest BCUT2D eigenvalue weighted by Gasteiger charge is -2.26. The van der Waals surface area contributed by atoms with Crippen molar-refractivity contribution in [3.63, 3.8) is 0 Å². The number of aromatic nitrogens is 1. The van der Waals surface area contributed by atoms with Gasteiger partial charge in [-0.15, -0.1) is 0 Å². The summed E-state index contributed by atoms with van der Waals surface area (Å²) in [6.45, 7) is 5.47. The third-order valence-corrected chi connectivity index (χ3v) is 3.82. The Morgan fingerprint density at radius 2 is 2.12 bits per heavy atom. The van der Waals surface area contributed by atoms with Crippen LogP contribution in [0.25, 0.3) is 0 Å². The maximum absolute atomic E-state index is 12.0. The summed E-state index contributed by atoms with van der Waals surface area (Å²) in [6.07, 6.45) is 0.422. The highest BCUT2D eigenvalue weighted by molar-refractivity contribution is 7.99. The average Bonchev–Trinajstić information content (AvgIpc) is 2.62. The Balaban J connectivity index is 2.01. The first-order chi connectivity index (χ1) is 7.68. The summed E-state index contributed by atoms with van der Waals surface area (Å²) < 4.78 is 5.06. The zero-order valence-electron chi connectivity index (χ0n) is 9.65. The fourth-order valence-corrected chi connectivity index (χ4v) is 2.73. The van der Waals surface area contributed by atoms with Crippen molar-refractivity contribution in [1.82, 2.24) is 10.1 Å². The zero-order valence-corrected chi connectivity index (χ0v) is 10.5. The number of hydrogen-bond donors (Lipinski definition) is 0. The first kappa shape index (κ1) is 11.5. The zero-order chi connectivity index (χ0) is 11.5. The number of thioether (sulfide) groups is 1. The van der Waals surface area contributed by atoms with Gasteiger partial charge in [-0.05, 0) is 13.8 Å². The molecule has 0 aromatic carbocycles. The van der Waals surface area contributed by atoms with Gasteiger partial charge >= 0.3 is 0 Å². The van der Waals surface area contributed by atoms with E-state index >= 15 is 0 Å². The van der Waals surface area contributed by atoms with Crippen LogP contribution in [0, 0.1) is 13.8 Å². The molecule has 0 unspecified atom stereocenters. The van der Waals surface area contributed by atoms with Gasteiger partial charge < -0.3 is 9.42 Å². The van der Waals surface area contributed by atoms with Gasteiger partial charge in [0.05, 0.1) is 12.1 Å². The van der Waals surface area contributed by atoms with Crippen LogP contribution in [0.15, 0.2) is 4.52 Å². The highest BCUT2D eigenvalue weighted by Crippen LogP contribution is 2.16. The molecule has 88 valence electrons. The molecule has 16 heavy (non-hydrogen) atoms. The molecule has 5 heteroatoms. The van der Waals surface area contributed by atoms with Crippen molar-refractivity contribution in [3.05, 3.63) is 17.0 Å². The van der Waals surface area contributed by atoms with Crippen LogP contribution in [0.1, 0.15) is 17.0 Å². The number of aryl methyl sites for hydroxylation is 2. The Kier molecular flexibility index (Phi) is 3.53. The average molecular weight is 240 g/mol. The van der Waals surface area contributed by atoms with Gasteiger partial charge in [-0.3, -0.25) is 4.79 Å². The summed E-state index contributed by atoms with van der Waals surface area (Å²) in [7, 11) is 0. The van der Waals surface area contributed by atoms with E-state index in [0.717, 1.165) is 41.6 Å². The Bertz CT molecular complexity index is 364. The molecule has 0 spiro atoms. The second kappa shape index (κ2) is 4.91. The predicted molar refractivity (Wildman–Crippen MR) is 63.6 cm³/mol. The summed E-state index contributed by atoms with van der Waals surface area (Å²) in [4.78, 5) is 14.0. The van der Waals surface area contributed by atoms with Gasteiger partial charge in [0.25, 0.3) is 0 Å². The molecule has 1 aliphatic heterocycles. The number of nitrogens with zero attached hydrogens (tertiary/aromatic N) is 2. The van der Waals surface area contributed by atoms with Crippen LogP contribution < -0.4 is 0 Å². The molecule has 1 aromatic heterocycles. The second-order valence-electron chi connectivity index (χ2n) is 3.97. The molecular weight excluding hydrogens is 224 g/mol. The van der Waals surface area contributed by atoms with E-state index in [4.69, 9.17) is 4.52 Å². The molecular formula is C11H16N2O2S. The smallest absolute Gasteiger partial charge is 0.227 e. The van der Waals surface area contributed by atoms with Gasteiger partial charge in [-0.1, -0.05) is 5.16 Å². The van der Waals surface area contributed by atoms with E-state index < -0.39 is 0 Å². The van der Waals surface area contributed by atoms with E-state index in [1.54, 1.807) is 0 Å². The quantitative estimate of drug-likeness (QED) is 0.784. The molecule has 0 radical (unpaired) electrons. The molecule has 1 fully saturated rings. The van der Waals surface area contributed by atoms with Crippen molar-refractivity contribution in [2.45, 2.75) is 20.3 Å². The Labute approximate surface area is 99.4 Å². The lowest BCUT2D eigenvalue weighted by molar-refractivity contribution is -0.130. The summed E-state index contributed by atoms with van der Waals surface area (Å²) in [5.74, 6) is 3.05. The van der Waals surface area contributed by atoms with E-state index in [9.17, 15) is 4.79 Å². The number of rotatable bonds is 2. The number of amides is 1. The molecule has 1 aromatic rings. The van der Waals surface area contributed by atoms with Gasteiger partial charge in [0, 0.05) is 30.2 Å². The molecule has 1 amide bonds. The molecule has 0 aliphatic carbocycles. The highest BCUT2D eigenvalue weighted by Gasteiger charge is 2.20. The standard InChI is InChI=1S/C11H16N2O2S/c1-8-10(9(2)15-12-8)7-11(14)13-3-5-16-6-4-13/h3-7H2,1-2H3. The Morgan fingerprint density at radius 1 is 1.44 bits per heavy atom. The minimum atomic E-state index is 0.190. The summed E-state index contributed by atoms with van der Waals surface area (Å²) in [6, 6.07) is 0. The lowest BCUT2D eigenvalue weighted by atomic mass is 10.1. The lowest BCUT2D eigenvalue weighted by Crippen LogP contribution is -2.38. The van der Waals surface area contributed by atoms with Gasteiger partial charge in [0.15, 0.2) is 0 Å². The largest absolute Gasteiger partial charge is 0.361 e. The van der Waals surface area contributed by atoms with Crippen molar-refractivity contribution in [3.8, 4) is 0 Å². The second-order valence-corrected chi connectivity index (χ2v) is 5.20. The third kappa shape index (κ3) is 2.40. The van der Waals surface area contributed by atoms with Crippen molar-refractivity contribution in [1.29, 1.82) is 0 Å². The molecule has 0 bridgehead atoms. The summed E-state index contributed by atoms with van der Waals surface area (Å²) >= 11 is 1.91. The monoisotopic (exact) mass is 240 g/mol. The van der Waals surface area contributed by atoms with E-state index in [1.165, 1.54) is 0 Å². The third-order valence-electron chi connectivity index (χ3n) is 2.87. The Morgan fingerprint density at radius 3 is 2.69 bits per heavy atom. The van der Waals surface area contributed by atoms with Crippen LogP contribution in [0.4, 0.5) is 0 Å². The maximum Gasteiger partial charge on any atom is 0.227 e. The first-order valence-corrected chi connectivity index (χ1v) is 6.61. The molecule has 0 atom stereocenters. The number of carbonyl (C=O) groups is 1. The van der Waals surface area contributed by atoms with Gasteiger partial charge in [0.2, 0.25) is 5.91 Å². The normalized spacial score (nSPS) is 16.5. The molecule has 2 rings (SSSR count). The van der Waals surface area contributed by atoms with Gasteiger partial charge in [-0.2, -0.15) is 11.8 Å². The number of carbonyl (C=O) groups excluding carboxylic acids is 1. The van der Waals surface area contributed by atoms with Crippen LogP contribution in [-0.4, -0.2) is 40.6 Å². The molecule has 0 saturated carbocycles. The Hall–Kier alpha value is -0.970. The predicted octanol–water partition coefficient (Wildman–Crippen LogP) is 1.41. The maximum atomic E-state index is 12.0. The van der Waals surface area contributed by atoms with Crippen molar-refractivity contribution < 1.29 is 9.32 Å². The van der Waals surface area contributed by atoms with E-state index in [2.05, 4.69) is 5.16 Å². The highest BCUT2D eigenvalue weighted by atomic mass is 32.2. The molecule has 2 heterocycles. The van der Waals surface area contributed by atoms with Crippen LogP contribution in [0.3, 0.4) is 0 Å². The van der Waals surface area contributed by atoms with Gasteiger partial charge in [0.1, 0.15) is 5.76 Å². The van der Waals surface area contributed by atoms with E-state index in [-0.39, 0.29) is 5.91 Å². The van der Waals surface area contributed by atoms with Crippen molar-refractivity contribution in [2.75, 3.05) is 24.6 Å². The topological polar surface area (TPSA) is 46.3 Å². The van der Waals surface area contributed by atoms with Crippen LogP contribution in [0.2, 0.25) is 0 Å². The minimum Gasteiger partial charge on any atom is -0.361 e. The molecule has 1 saturated heterocycles. The summed E-state index contributed by atoms with van der Waals surface area (Å²) in [5, 5.41) is 3.86. The van der Waals surface area contributed by atoms with E-state index in [1.807, 2.05) is 30.5 Å². The van der Waals surface area contributed by atoms with Crippen LogP contribution >= 0.6 is 11.8 Å². The number of hydrogen-bond acceptors (Lipinski definition) is 4. The van der Waals surface area contributed by atoms with Crippen LogP contribution in [-0.2, 0) is 11.2 Å². The fourth-order valence-electron chi connectivity index (χ4n) is 1.83. The van der Waals surface area contributed by atoms with E-state index in [0.29, 0.717) is 6.42 Å². The van der Waals surface area contributed by atoms with Crippen molar-refractivity contribution >= 4 is 17.7 Å². The van der Waals surface area contributed by atoms with Crippen molar-refractivity contribution in [2.24, 2.45) is 0 Å². The molecule has 1 aliphatic rings. The van der Waals surface area contributed by atoms with Gasteiger partial charge in [-0.25, -0.2) is 0 Å². The molecule has 4 nitrogen and oxygen atoms in total. The minimum absolute atomic E-state index is 0.190. The molecule has 0 N–H and O–H groups in total.